The minimum absolute atomic E-state index is 0.147. The Bertz CT molecular complexity index is 965. The molecular formula is C19H20N6O2S. The average Bonchev–Trinajstić information content (AvgIpc) is 2.68. The van der Waals surface area contributed by atoms with E-state index in [2.05, 4.69) is 20.3 Å². The highest BCUT2D eigenvalue weighted by Crippen LogP contribution is 2.26. The average molecular weight is 396 g/mol. The van der Waals surface area contributed by atoms with Crippen molar-refractivity contribution in [3.05, 3.63) is 65.5 Å². The van der Waals surface area contributed by atoms with Gasteiger partial charge in [0, 0.05) is 11.3 Å². The number of benzene rings is 2. The van der Waals surface area contributed by atoms with Gasteiger partial charge in [0.15, 0.2) is 0 Å². The number of primary amides is 1. The number of nitrogens with zero attached hydrogens (tertiary/aromatic N) is 3. The van der Waals surface area contributed by atoms with E-state index in [4.69, 9.17) is 16.2 Å². The lowest BCUT2D eigenvalue weighted by Gasteiger charge is -2.10. The van der Waals surface area contributed by atoms with Gasteiger partial charge in [-0.15, -0.1) is 11.8 Å². The molecule has 28 heavy (non-hydrogen) atoms. The lowest BCUT2D eigenvalue weighted by molar-refractivity contribution is 0.100. The van der Waals surface area contributed by atoms with Crippen molar-refractivity contribution in [2.24, 2.45) is 5.73 Å². The van der Waals surface area contributed by atoms with Gasteiger partial charge in [-0.25, -0.2) is 0 Å². The Balaban J connectivity index is 1.64. The van der Waals surface area contributed by atoms with E-state index in [-0.39, 0.29) is 5.95 Å². The molecule has 0 saturated heterocycles. The summed E-state index contributed by atoms with van der Waals surface area (Å²) < 4.78 is 5.32. The minimum Gasteiger partial charge on any atom is -0.495 e. The molecule has 0 saturated carbocycles. The molecule has 0 aliphatic heterocycles. The molecule has 0 bridgehead atoms. The van der Waals surface area contributed by atoms with Crippen molar-refractivity contribution in [1.82, 2.24) is 15.0 Å². The number of nitrogens with two attached hydrogens (primary N) is 2. The van der Waals surface area contributed by atoms with Gasteiger partial charge in [0.1, 0.15) is 11.6 Å². The van der Waals surface area contributed by atoms with Crippen molar-refractivity contribution in [1.29, 1.82) is 0 Å². The summed E-state index contributed by atoms with van der Waals surface area (Å²) in [5, 5.41) is 3.11. The number of nitrogen functional groups attached to an aromatic ring is 1. The highest BCUT2D eigenvalue weighted by molar-refractivity contribution is 7.97. The number of anilines is 3. The molecule has 3 aromatic rings. The van der Waals surface area contributed by atoms with Gasteiger partial charge in [-0.2, -0.15) is 15.0 Å². The molecule has 8 nitrogen and oxygen atoms in total. The molecule has 0 unspecified atom stereocenters. The van der Waals surface area contributed by atoms with Crippen LogP contribution in [0.25, 0.3) is 0 Å². The molecule has 9 heteroatoms. The van der Waals surface area contributed by atoms with Crippen molar-refractivity contribution in [2.75, 3.05) is 18.2 Å². The third-order valence-electron chi connectivity index (χ3n) is 3.79. The van der Waals surface area contributed by atoms with E-state index < -0.39 is 5.91 Å². The largest absolute Gasteiger partial charge is 0.495 e. The molecule has 1 amide bonds. The second-order valence-corrected chi connectivity index (χ2v) is 6.80. The maximum atomic E-state index is 11.1. The monoisotopic (exact) mass is 396 g/mol. The van der Waals surface area contributed by atoms with Crippen LogP contribution >= 0.6 is 11.8 Å². The second-order valence-electron chi connectivity index (χ2n) is 5.81. The number of aromatic nitrogens is 3. The van der Waals surface area contributed by atoms with Crippen molar-refractivity contribution >= 4 is 35.3 Å². The fourth-order valence-electron chi connectivity index (χ4n) is 2.45. The number of ether oxygens (including phenoxy) is 1. The van der Waals surface area contributed by atoms with Crippen molar-refractivity contribution in [2.45, 2.75) is 11.5 Å². The second kappa shape index (κ2) is 9.05. The van der Waals surface area contributed by atoms with E-state index in [9.17, 15) is 4.79 Å². The topological polar surface area (TPSA) is 129 Å². The number of carbonyl (C=O) groups is 1. The van der Waals surface area contributed by atoms with Gasteiger partial charge >= 0.3 is 0 Å². The molecule has 0 radical (unpaired) electrons. The Kier molecular flexibility index (Phi) is 6.28. The van der Waals surface area contributed by atoms with Crippen LogP contribution in [-0.4, -0.2) is 28.0 Å². The first-order chi connectivity index (χ1) is 13.5. The van der Waals surface area contributed by atoms with E-state index in [0.29, 0.717) is 28.8 Å². The maximum Gasteiger partial charge on any atom is 0.248 e. The first kappa shape index (κ1) is 19.4. The highest BCUT2D eigenvalue weighted by Gasteiger charge is 2.08. The minimum atomic E-state index is -0.435. The molecule has 1 heterocycles. The standard InChI is InChI=1S/C19H20N6O2S/c1-27-15-5-3-2-4-14(15)22-19-24-16(23-18(21)25-19)11-28-10-12-6-8-13(9-7-12)17(20)26/h2-9H,10-11H2,1H3,(H2,20,26)(H3,21,22,23,24,25). The van der Waals surface area contributed by atoms with Crippen LogP contribution in [0.15, 0.2) is 48.5 Å². The Morgan fingerprint density at radius 1 is 1.07 bits per heavy atom. The zero-order valence-electron chi connectivity index (χ0n) is 15.3. The summed E-state index contributed by atoms with van der Waals surface area (Å²) in [5.74, 6) is 2.62. The molecule has 0 fully saturated rings. The smallest absolute Gasteiger partial charge is 0.248 e. The lowest BCUT2D eigenvalue weighted by Crippen LogP contribution is -2.10. The number of methoxy groups -OCH3 is 1. The van der Waals surface area contributed by atoms with Crippen LogP contribution in [0.2, 0.25) is 0 Å². The number of amides is 1. The van der Waals surface area contributed by atoms with Gasteiger partial charge in [0.25, 0.3) is 0 Å². The molecule has 0 aliphatic carbocycles. The summed E-state index contributed by atoms with van der Waals surface area (Å²) in [5.41, 5.74) is 13.4. The van der Waals surface area contributed by atoms with E-state index in [0.717, 1.165) is 17.0 Å². The fraction of sp³-hybridized carbons (Fsp3) is 0.158. The van der Waals surface area contributed by atoms with Crippen LogP contribution in [0, 0.1) is 0 Å². The molecule has 3 rings (SSSR count). The van der Waals surface area contributed by atoms with Crippen molar-refractivity contribution < 1.29 is 9.53 Å². The quantitative estimate of drug-likeness (QED) is 0.530. The lowest BCUT2D eigenvalue weighted by atomic mass is 10.1. The molecule has 2 aromatic carbocycles. The summed E-state index contributed by atoms with van der Waals surface area (Å²) in [4.78, 5) is 23.9. The zero-order valence-corrected chi connectivity index (χ0v) is 16.1. The number of thioether (sulfide) groups is 1. The van der Waals surface area contributed by atoms with Crippen LogP contribution in [0.5, 0.6) is 5.75 Å². The molecule has 0 atom stereocenters. The van der Waals surface area contributed by atoms with Gasteiger partial charge in [0.05, 0.1) is 18.6 Å². The number of nitrogens with one attached hydrogen (secondary N) is 1. The summed E-state index contributed by atoms with van der Waals surface area (Å²) in [6.45, 7) is 0. The first-order valence-corrected chi connectivity index (χ1v) is 9.57. The number of hydrogen-bond donors (Lipinski definition) is 3. The van der Waals surface area contributed by atoms with Crippen LogP contribution in [0.4, 0.5) is 17.6 Å². The fourth-order valence-corrected chi connectivity index (χ4v) is 3.29. The van der Waals surface area contributed by atoms with E-state index in [1.807, 2.05) is 36.4 Å². The number of hydrogen-bond acceptors (Lipinski definition) is 8. The number of rotatable bonds is 8. The Labute approximate surface area is 166 Å². The van der Waals surface area contributed by atoms with E-state index >= 15 is 0 Å². The summed E-state index contributed by atoms with van der Waals surface area (Å²) >= 11 is 1.63. The molecule has 0 aliphatic rings. The van der Waals surface area contributed by atoms with Crippen LogP contribution < -0.4 is 21.5 Å². The Morgan fingerprint density at radius 3 is 2.54 bits per heavy atom. The van der Waals surface area contributed by atoms with Crippen LogP contribution in [0.3, 0.4) is 0 Å². The molecule has 5 N–H and O–H groups in total. The molecule has 1 aromatic heterocycles. The molecular weight excluding hydrogens is 376 g/mol. The third kappa shape index (κ3) is 5.10. The van der Waals surface area contributed by atoms with Crippen molar-refractivity contribution in [3.63, 3.8) is 0 Å². The number of carbonyl (C=O) groups excluding carboxylic acids is 1. The predicted octanol–water partition coefficient (Wildman–Crippen LogP) is 2.74. The number of para-hydroxylation sites is 2. The van der Waals surface area contributed by atoms with E-state index in [1.165, 1.54) is 0 Å². The molecule has 0 spiro atoms. The Morgan fingerprint density at radius 2 is 1.82 bits per heavy atom. The Hall–Kier alpha value is -3.33. The normalized spacial score (nSPS) is 10.5. The third-order valence-corrected chi connectivity index (χ3v) is 4.79. The SMILES string of the molecule is COc1ccccc1Nc1nc(N)nc(CSCc2ccc(C(N)=O)cc2)n1. The summed E-state index contributed by atoms with van der Waals surface area (Å²) in [6.07, 6.45) is 0. The van der Waals surface area contributed by atoms with Crippen LogP contribution in [0.1, 0.15) is 21.7 Å². The van der Waals surface area contributed by atoms with Crippen LogP contribution in [-0.2, 0) is 11.5 Å². The zero-order chi connectivity index (χ0) is 19.9. The highest BCUT2D eigenvalue weighted by atomic mass is 32.2. The van der Waals surface area contributed by atoms with Gasteiger partial charge in [-0.3, -0.25) is 4.79 Å². The predicted molar refractivity (Wildman–Crippen MR) is 110 cm³/mol. The van der Waals surface area contributed by atoms with Crippen molar-refractivity contribution in [3.8, 4) is 5.75 Å². The first-order valence-electron chi connectivity index (χ1n) is 8.42. The summed E-state index contributed by atoms with van der Waals surface area (Å²) in [7, 11) is 1.60. The van der Waals surface area contributed by atoms with Gasteiger partial charge in [-0.05, 0) is 29.8 Å². The maximum absolute atomic E-state index is 11.1. The van der Waals surface area contributed by atoms with Gasteiger partial charge in [0.2, 0.25) is 17.8 Å². The van der Waals surface area contributed by atoms with E-state index in [1.54, 1.807) is 31.0 Å². The summed E-state index contributed by atoms with van der Waals surface area (Å²) in [6, 6.07) is 14.7. The molecule has 144 valence electrons. The van der Waals surface area contributed by atoms with Gasteiger partial charge < -0.3 is 21.5 Å². The van der Waals surface area contributed by atoms with Gasteiger partial charge in [-0.1, -0.05) is 24.3 Å².